The summed E-state index contributed by atoms with van der Waals surface area (Å²) in [5.41, 5.74) is 0.148. The van der Waals surface area contributed by atoms with Gasteiger partial charge in [0.1, 0.15) is 0 Å². The van der Waals surface area contributed by atoms with Crippen LogP contribution in [0.15, 0.2) is 4.99 Å². The van der Waals surface area contributed by atoms with E-state index in [-0.39, 0.29) is 11.6 Å². The van der Waals surface area contributed by atoms with Crippen LogP contribution in [0.1, 0.15) is 27.2 Å². The molecule has 1 aliphatic heterocycles. The summed E-state index contributed by atoms with van der Waals surface area (Å²) in [4.78, 5) is 4.55. The minimum Gasteiger partial charge on any atom is -0.360 e. The van der Waals surface area contributed by atoms with Crippen LogP contribution in [0.4, 0.5) is 0 Å². The van der Waals surface area contributed by atoms with Crippen LogP contribution in [0.5, 0.6) is 0 Å². The first-order valence-electron chi connectivity index (χ1n) is 5.18. The van der Waals surface area contributed by atoms with Crippen molar-refractivity contribution in [3.8, 4) is 0 Å². The summed E-state index contributed by atoms with van der Waals surface area (Å²) in [6.07, 6.45) is 2.88. The highest BCUT2D eigenvalue weighted by atomic mass is 32.2. The standard InChI is InChI=1S/C10H20N2OS2/c1-8(7-15(4)13)11-9-12-10(2,3)5-6-14-9/h8H,5-7H2,1-4H3,(H,11,12). The van der Waals surface area contributed by atoms with Gasteiger partial charge in [0.15, 0.2) is 5.17 Å². The zero-order valence-corrected chi connectivity index (χ0v) is 11.5. The molecule has 1 N–H and O–H groups in total. The van der Waals surface area contributed by atoms with Crippen molar-refractivity contribution in [1.29, 1.82) is 0 Å². The lowest BCUT2D eigenvalue weighted by Crippen LogP contribution is -2.46. The molecule has 0 radical (unpaired) electrons. The van der Waals surface area contributed by atoms with Gasteiger partial charge in [-0.3, -0.25) is 9.20 Å². The molecule has 0 aromatic rings. The number of aliphatic imine (C=N–C) groups is 1. The van der Waals surface area contributed by atoms with Gasteiger partial charge in [-0.1, -0.05) is 11.8 Å². The lowest BCUT2D eigenvalue weighted by molar-refractivity contribution is 0.445. The molecule has 0 aliphatic carbocycles. The fourth-order valence-electron chi connectivity index (χ4n) is 1.44. The summed E-state index contributed by atoms with van der Waals surface area (Å²) in [5, 5.41) is 4.41. The summed E-state index contributed by atoms with van der Waals surface area (Å²) in [6.45, 7) is 6.38. The molecule has 0 spiro atoms. The molecule has 0 aromatic heterocycles. The molecule has 0 saturated carbocycles. The SMILES string of the molecule is CC(CS(C)=O)N=C1NC(C)(C)CCS1. The van der Waals surface area contributed by atoms with Crippen molar-refractivity contribution < 1.29 is 4.21 Å². The van der Waals surface area contributed by atoms with Gasteiger partial charge < -0.3 is 5.32 Å². The quantitative estimate of drug-likeness (QED) is 0.825. The third-order valence-corrected chi connectivity index (χ3v) is 4.07. The topological polar surface area (TPSA) is 41.5 Å². The highest BCUT2D eigenvalue weighted by Gasteiger charge is 2.24. The molecule has 0 bridgehead atoms. The Hall–Kier alpha value is -0.0300. The third-order valence-electron chi connectivity index (χ3n) is 2.22. The Morgan fingerprint density at radius 3 is 2.87 bits per heavy atom. The third kappa shape index (κ3) is 5.02. The highest BCUT2D eigenvalue weighted by molar-refractivity contribution is 8.13. The maximum atomic E-state index is 11.0. The van der Waals surface area contributed by atoms with E-state index in [9.17, 15) is 4.21 Å². The first-order chi connectivity index (χ1) is 6.89. The largest absolute Gasteiger partial charge is 0.360 e. The smallest absolute Gasteiger partial charge is 0.157 e. The Morgan fingerprint density at radius 2 is 2.33 bits per heavy atom. The van der Waals surface area contributed by atoms with E-state index < -0.39 is 10.8 Å². The summed E-state index contributed by atoms with van der Waals surface area (Å²) in [7, 11) is -0.763. The Morgan fingerprint density at radius 1 is 1.67 bits per heavy atom. The fraction of sp³-hybridized carbons (Fsp3) is 0.900. The van der Waals surface area contributed by atoms with Gasteiger partial charge in [-0.25, -0.2) is 0 Å². The molecule has 5 heteroatoms. The summed E-state index contributed by atoms with van der Waals surface area (Å²) < 4.78 is 11.0. The van der Waals surface area contributed by atoms with E-state index in [1.807, 2.05) is 6.92 Å². The molecule has 1 fully saturated rings. The van der Waals surface area contributed by atoms with E-state index in [0.717, 1.165) is 17.3 Å². The van der Waals surface area contributed by atoms with Crippen molar-refractivity contribution in [3.63, 3.8) is 0 Å². The van der Waals surface area contributed by atoms with Crippen molar-refractivity contribution in [2.75, 3.05) is 17.8 Å². The normalized spacial score (nSPS) is 27.1. The molecule has 1 heterocycles. The van der Waals surface area contributed by atoms with Crippen LogP contribution in [0.3, 0.4) is 0 Å². The van der Waals surface area contributed by atoms with Crippen LogP contribution in [0.25, 0.3) is 0 Å². The average molecular weight is 248 g/mol. The second-order valence-electron chi connectivity index (χ2n) is 4.63. The molecule has 1 aliphatic rings. The van der Waals surface area contributed by atoms with Crippen molar-refractivity contribution in [2.45, 2.75) is 38.8 Å². The number of amidine groups is 1. The molecule has 15 heavy (non-hydrogen) atoms. The molecule has 88 valence electrons. The van der Waals surface area contributed by atoms with Crippen LogP contribution in [0, 0.1) is 0 Å². The number of rotatable bonds is 3. The predicted molar refractivity (Wildman–Crippen MR) is 70.1 cm³/mol. The van der Waals surface area contributed by atoms with E-state index in [1.54, 1.807) is 18.0 Å². The van der Waals surface area contributed by atoms with Gasteiger partial charge in [0.2, 0.25) is 0 Å². The lowest BCUT2D eigenvalue weighted by Gasteiger charge is -2.32. The maximum Gasteiger partial charge on any atom is 0.157 e. The number of thioether (sulfide) groups is 1. The van der Waals surface area contributed by atoms with Gasteiger partial charge >= 0.3 is 0 Å². The number of hydrogen-bond acceptors (Lipinski definition) is 3. The van der Waals surface area contributed by atoms with Crippen molar-refractivity contribution in [1.82, 2.24) is 5.32 Å². The Balaban J connectivity index is 2.55. The number of nitrogens with zero attached hydrogens (tertiary/aromatic N) is 1. The number of hydrogen-bond donors (Lipinski definition) is 1. The van der Waals surface area contributed by atoms with Crippen LogP contribution in [0.2, 0.25) is 0 Å². The summed E-state index contributed by atoms with van der Waals surface area (Å²) >= 11 is 1.76. The predicted octanol–water partition coefficient (Wildman–Crippen LogP) is 1.61. The van der Waals surface area contributed by atoms with Gasteiger partial charge in [0.05, 0.1) is 6.04 Å². The monoisotopic (exact) mass is 248 g/mol. The molecule has 0 aromatic carbocycles. The molecule has 2 unspecified atom stereocenters. The van der Waals surface area contributed by atoms with Gasteiger partial charge in [-0.2, -0.15) is 0 Å². The first kappa shape index (κ1) is 13.0. The minimum atomic E-state index is -0.763. The highest BCUT2D eigenvalue weighted by Crippen LogP contribution is 2.21. The van der Waals surface area contributed by atoms with E-state index in [4.69, 9.17) is 0 Å². The minimum absolute atomic E-state index is 0.139. The Kier molecular flexibility index (Phi) is 4.64. The molecule has 2 atom stereocenters. The van der Waals surface area contributed by atoms with Crippen molar-refractivity contribution in [3.05, 3.63) is 0 Å². The Bertz CT molecular complexity index is 277. The van der Waals surface area contributed by atoms with Gasteiger partial charge in [-0.05, 0) is 27.2 Å². The lowest BCUT2D eigenvalue weighted by atomic mass is 10.0. The molecular formula is C10H20N2OS2. The zero-order valence-electron chi connectivity index (χ0n) is 9.87. The van der Waals surface area contributed by atoms with Crippen LogP contribution >= 0.6 is 11.8 Å². The van der Waals surface area contributed by atoms with Crippen molar-refractivity contribution in [2.24, 2.45) is 4.99 Å². The van der Waals surface area contributed by atoms with Crippen molar-refractivity contribution >= 4 is 27.7 Å². The maximum absolute atomic E-state index is 11.0. The number of nitrogens with one attached hydrogen (secondary N) is 1. The van der Waals surface area contributed by atoms with Crippen LogP contribution in [-0.2, 0) is 10.8 Å². The second-order valence-corrected chi connectivity index (χ2v) is 7.19. The van der Waals surface area contributed by atoms with Gasteiger partial charge in [0, 0.05) is 34.1 Å². The molecule has 3 nitrogen and oxygen atoms in total. The van der Waals surface area contributed by atoms with Gasteiger partial charge in [-0.15, -0.1) is 0 Å². The molecule has 0 amide bonds. The average Bonchev–Trinajstić information content (AvgIpc) is 1.99. The van der Waals surface area contributed by atoms with E-state index >= 15 is 0 Å². The van der Waals surface area contributed by atoms with Crippen LogP contribution < -0.4 is 5.32 Å². The molecule has 1 rings (SSSR count). The second kappa shape index (κ2) is 5.34. The molecule has 1 saturated heterocycles. The van der Waals surface area contributed by atoms with E-state index in [0.29, 0.717) is 5.75 Å². The zero-order chi connectivity index (χ0) is 11.5. The summed E-state index contributed by atoms with van der Waals surface area (Å²) in [6, 6.07) is 0.139. The first-order valence-corrected chi connectivity index (χ1v) is 7.89. The fourth-order valence-corrected chi connectivity index (χ4v) is 3.60. The van der Waals surface area contributed by atoms with E-state index in [2.05, 4.69) is 24.2 Å². The Labute approximate surface area is 99.0 Å². The van der Waals surface area contributed by atoms with E-state index in [1.165, 1.54) is 0 Å². The summed E-state index contributed by atoms with van der Waals surface area (Å²) in [5.74, 6) is 1.76. The van der Waals surface area contributed by atoms with Gasteiger partial charge in [0.25, 0.3) is 0 Å². The van der Waals surface area contributed by atoms with Crippen LogP contribution in [-0.4, -0.2) is 38.7 Å². The molecular weight excluding hydrogens is 228 g/mol.